The number of nitrogens with zero attached hydrogens (tertiary/aromatic N) is 2. The van der Waals surface area contributed by atoms with Gasteiger partial charge in [0.05, 0.1) is 19.3 Å². The number of carbonyl (C=O) groups excluding carboxylic acids is 3. The van der Waals surface area contributed by atoms with E-state index in [9.17, 15) is 14.4 Å². The summed E-state index contributed by atoms with van der Waals surface area (Å²) < 4.78 is 28.8. The van der Waals surface area contributed by atoms with Crippen LogP contribution in [0.2, 0.25) is 0 Å². The summed E-state index contributed by atoms with van der Waals surface area (Å²) in [6.07, 6.45) is 5.33. The number of carbonyl (C=O) groups is 3. The molecule has 3 aliphatic rings. The van der Waals surface area contributed by atoms with Crippen LogP contribution in [0.1, 0.15) is 96.6 Å². The molecule has 50 heavy (non-hydrogen) atoms. The molecule has 2 atom stereocenters. The summed E-state index contributed by atoms with van der Waals surface area (Å²) in [4.78, 5) is 44.3. The Labute approximate surface area is 297 Å². The van der Waals surface area contributed by atoms with Crippen molar-refractivity contribution < 1.29 is 38.1 Å². The monoisotopic (exact) mass is 692 g/mol. The third-order valence-electron chi connectivity index (χ3n) is 10.2. The molecule has 2 unspecified atom stereocenters. The molecule has 0 radical (unpaired) electrons. The van der Waals surface area contributed by atoms with Gasteiger partial charge >= 0.3 is 12.2 Å². The predicted molar refractivity (Wildman–Crippen MR) is 191 cm³/mol. The van der Waals surface area contributed by atoms with Crippen LogP contribution in [0, 0.1) is 5.92 Å². The number of likely N-dealkylation sites (N-methyl/N-ethyl adjacent to an activating group) is 1. The van der Waals surface area contributed by atoms with E-state index in [4.69, 9.17) is 23.7 Å². The second kappa shape index (κ2) is 17.1. The minimum absolute atomic E-state index is 0.0975. The fourth-order valence-electron chi connectivity index (χ4n) is 7.82. The normalized spacial score (nSPS) is 20.2. The van der Waals surface area contributed by atoms with E-state index in [1.807, 2.05) is 52.0 Å². The quantitative estimate of drug-likeness (QED) is 0.195. The highest BCUT2D eigenvalue weighted by Gasteiger charge is 2.43. The zero-order chi connectivity index (χ0) is 35.7. The third-order valence-corrected chi connectivity index (χ3v) is 10.2. The van der Waals surface area contributed by atoms with Crippen LogP contribution in [0.3, 0.4) is 0 Å². The maximum Gasteiger partial charge on any atom is 0.410 e. The Kier molecular flexibility index (Phi) is 12.8. The van der Waals surface area contributed by atoms with Crippen LogP contribution in [0.25, 0.3) is 0 Å². The Balaban J connectivity index is 1.34. The molecule has 10 nitrogen and oxygen atoms in total. The van der Waals surface area contributed by atoms with Crippen LogP contribution in [0.5, 0.6) is 11.5 Å². The molecular weight excluding hydrogens is 636 g/mol. The molecule has 2 aromatic carbocycles. The molecule has 2 fully saturated rings. The van der Waals surface area contributed by atoms with Crippen LogP contribution in [0.4, 0.5) is 9.59 Å². The number of ketones is 1. The van der Waals surface area contributed by atoms with Crippen molar-refractivity contribution in [2.75, 3.05) is 46.6 Å². The van der Waals surface area contributed by atoms with E-state index < -0.39 is 23.7 Å². The van der Waals surface area contributed by atoms with Gasteiger partial charge in [-0.25, -0.2) is 9.59 Å². The Hall–Kier alpha value is -3.63. The number of methoxy groups -OCH3 is 1. The number of hydrogen-bond donors (Lipinski definition) is 0. The number of piperidine rings is 1. The number of likely N-dealkylation sites (tertiary alicyclic amines) is 1. The van der Waals surface area contributed by atoms with E-state index in [1.54, 1.807) is 16.9 Å². The number of rotatable bonds is 13. The van der Waals surface area contributed by atoms with Gasteiger partial charge in [-0.05, 0) is 78.4 Å². The maximum absolute atomic E-state index is 14.2. The van der Waals surface area contributed by atoms with Crippen LogP contribution in [-0.4, -0.2) is 92.1 Å². The molecule has 10 heteroatoms. The van der Waals surface area contributed by atoms with Crippen molar-refractivity contribution in [3.63, 3.8) is 0 Å². The van der Waals surface area contributed by atoms with E-state index in [2.05, 4.69) is 24.3 Å². The van der Waals surface area contributed by atoms with Gasteiger partial charge in [0.1, 0.15) is 29.0 Å². The van der Waals surface area contributed by atoms with Crippen molar-refractivity contribution in [1.29, 1.82) is 0 Å². The second-order valence-corrected chi connectivity index (χ2v) is 14.9. The van der Waals surface area contributed by atoms with Gasteiger partial charge in [0.2, 0.25) is 0 Å². The first-order chi connectivity index (χ1) is 24.0. The molecule has 0 bridgehead atoms. The largest absolute Gasteiger partial charge is 0.457 e. The molecule has 5 rings (SSSR count). The highest BCUT2D eigenvalue weighted by molar-refractivity contribution is 5.82. The zero-order valence-electron chi connectivity index (χ0n) is 30.6. The van der Waals surface area contributed by atoms with E-state index in [-0.39, 0.29) is 36.4 Å². The number of hydrogen-bond acceptors (Lipinski definition) is 8. The summed E-state index contributed by atoms with van der Waals surface area (Å²) in [5.74, 6) is 1.39. The second-order valence-electron chi connectivity index (χ2n) is 14.9. The summed E-state index contributed by atoms with van der Waals surface area (Å²) >= 11 is 0. The summed E-state index contributed by atoms with van der Waals surface area (Å²) in [7, 11) is 1.73. The van der Waals surface area contributed by atoms with E-state index >= 15 is 0 Å². The number of ether oxygens (including phenoxy) is 5. The smallest absolute Gasteiger partial charge is 0.410 e. The lowest BCUT2D eigenvalue weighted by Gasteiger charge is -2.42. The number of fused-ring (bicyclic) bond motifs is 2. The fourth-order valence-corrected chi connectivity index (χ4v) is 7.82. The standard InChI is InChI=1S/C40H56N2O8/c1-6-42(38(45)48-31-19-24-47-25-20-31)30-26-29(27-41(28-30)37(44)50-39(2,3)4)34(43)16-13-22-40(21-11-12-23-46-5)32-14-7-9-17-35(32)49-36-18-10-8-15-33(36)40/h7-10,14-15,17-18,29-31H,6,11-13,16,19-28H2,1-5H3. The van der Waals surface area contributed by atoms with Gasteiger partial charge in [0, 0.05) is 75.1 Å². The summed E-state index contributed by atoms with van der Waals surface area (Å²) in [5, 5.41) is 0. The molecule has 0 aromatic heterocycles. The van der Waals surface area contributed by atoms with Crippen molar-refractivity contribution in [2.24, 2.45) is 5.92 Å². The van der Waals surface area contributed by atoms with Gasteiger partial charge in [0.15, 0.2) is 0 Å². The maximum atomic E-state index is 14.2. The van der Waals surface area contributed by atoms with Crippen molar-refractivity contribution >= 4 is 18.0 Å². The molecular formula is C40H56N2O8. The van der Waals surface area contributed by atoms with Gasteiger partial charge in [-0.2, -0.15) is 0 Å². The SMILES string of the molecule is CCN(C(=O)OC1CCOCC1)C1CC(C(=O)CCCC2(CCCCOC)c3ccccc3Oc3ccccc32)CN(C(=O)OC(C)(C)C)C1. The number of benzene rings is 2. The van der Waals surface area contributed by atoms with E-state index in [0.29, 0.717) is 58.5 Å². The Morgan fingerprint density at radius 1 is 0.920 bits per heavy atom. The van der Waals surface area contributed by atoms with Crippen LogP contribution in [-0.2, 0) is 29.2 Å². The topological polar surface area (TPSA) is 104 Å². The minimum Gasteiger partial charge on any atom is -0.457 e. The molecule has 0 spiro atoms. The molecule has 3 aliphatic heterocycles. The average molecular weight is 693 g/mol. The molecule has 3 heterocycles. The number of amides is 2. The Morgan fingerprint density at radius 3 is 2.18 bits per heavy atom. The Bertz CT molecular complexity index is 1400. The fraction of sp³-hybridized carbons (Fsp3) is 0.625. The van der Waals surface area contributed by atoms with Gasteiger partial charge in [-0.1, -0.05) is 36.4 Å². The van der Waals surface area contributed by atoms with Gasteiger partial charge in [-0.3, -0.25) is 4.79 Å². The molecule has 0 N–H and O–H groups in total. The van der Waals surface area contributed by atoms with Gasteiger partial charge in [-0.15, -0.1) is 0 Å². The lowest BCUT2D eigenvalue weighted by Crippen LogP contribution is -2.56. The van der Waals surface area contributed by atoms with Crippen LogP contribution >= 0.6 is 0 Å². The first-order valence-corrected chi connectivity index (χ1v) is 18.5. The molecule has 274 valence electrons. The van der Waals surface area contributed by atoms with Crippen molar-refractivity contribution in [3.8, 4) is 11.5 Å². The van der Waals surface area contributed by atoms with Crippen LogP contribution < -0.4 is 4.74 Å². The zero-order valence-corrected chi connectivity index (χ0v) is 30.6. The van der Waals surface area contributed by atoms with Gasteiger partial charge < -0.3 is 33.5 Å². The van der Waals surface area contributed by atoms with E-state index in [0.717, 1.165) is 48.3 Å². The Morgan fingerprint density at radius 2 is 1.56 bits per heavy atom. The van der Waals surface area contributed by atoms with Crippen LogP contribution in [0.15, 0.2) is 48.5 Å². The van der Waals surface area contributed by atoms with Crippen molar-refractivity contribution in [1.82, 2.24) is 9.80 Å². The van der Waals surface area contributed by atoms with Crippen molar-refractivity contribution in [2.45, 2.75) is 109 Å². The molecule has 2 amide bonds. The molecule has 0 aliphatic carbocycles. The lowest BCUT2D eigenvalue weighted by atomic mass is 9.66. The lowest BCUT2D eigenvalue weighted by molar-refractivity contribution is -0.125. The summed E-state index contributed by atoms with van der Waals surface area (Å²) in [6, 6.07) is 16.1. The van der Waals surface area contributed by atoms with Gasteiger partial charge in [0.25, 0.3) is 0 Å². The number of para-hydroxylation sites is 2. The number of Topliss-reactive ketones (excluding diaryl/α,β-unsaturated/α-hetero) is 1. The first-order valence-electron chi connectivity index (χ1n) is 18.5. The average Bonchev–Trinajstić information content (AvgIpc) is 3.10. The summed E-state index contributed by atoms with van der Waals surface area (Å²) in [6.45, 7) is 10.2. The molecule has 2 saturated heterocycles. The molecule has 2 aromatic rings. The number of unbranched alkanes of at least 4 members (excludes halogenated alkanes) is 1. The first kappa shape index (κ1) is 37.6. The summed E-state index contributed by atoms with van der Waals surface area (Å²) in [5.41, 5.74) is 1.30. The van der Waals surface area contributed by atoms with E-state index in [1.165, 1.54) is 0 Å². The highest BCUT2D eigenvalue weighted by atomic mass is 16.6. The highest BCUT2D eigenvalue weighted by Crippen LogP contribution is 2.53. The van der Waals surface area contributed by atoms with Crippen molar-refractivity contribution in [3.05, 3.63) is 59.7 Å². The predicted octanol–water partition coefficient (Wildman–Crippen LogP) is 7.90. The minimum atomic E-state index is -0.691. The molecule has 0 saturated carbocycles. The third kappa shape index (κ3) is 9.18.